The van der Waals surface area contributed by atoms with Crippen molar-refractivity contribution in [3.63, 3.8) is 0 Å². The molecular formula is C22H24O9. The third-order valence-corrected chi connectivity index (χ3v) is 5.20. The Labute approximate surface area is 178 Å². The van der Waals surface area contributed by atoms with Crippen LogP contribution in [0.25, 0.3) is 0 Å². The van der Waals surface area contributed by atoms with Crippen LogP contribution < -0.4 is 4.74 Å². The molecule has 0 unspecified atom stereocenters. The number of carboxylic acids is 1. The van der Waals surface area contributed by atoms with Crippen molar-refractivity contribution in [2.45, 2.75) is 43.5 Å². The van der Waals surface area contributed by atoms with Gasteiger partial charge in [0.2, 0.25) is 6.29 Å². The highest BCUT2D eigenvalue weighted by atomic mass is 16.7. The van der Waals surface area contributed by atoms with Gasteiger partial charge in [0.1, 0.15) is 36.5 Å². The second-order valence-corrected chi connectivity index (χ2v) is 7.30. The average Bonchev–Trinajstić information content (AvgIpc) is 2.78. The van der Waals surface area contributed by atoms with Crippen LogP contribution in [-0.4, -0.2) is 75.1 Å². The van der Waals surface area contributed by atoms with E-state index in [1.807, 2.05) is 0 Å². The Bertz CT molecular complexity index is 910. The van der Waals surface area contributed by atoms with E-state index in [0.29, 0.717) is 36.0 Å². The fourth-order valence-electron chi connectivity index (χ4n) is 3.37. The van der Waals surface area contributed by atoms with Gasteiger partial charge in [-0.15, -0.1) is 0 Å². The summed E-state index contributed by atoms with van der Waals surface area (Å²) in [5.74, 6) is -0.711. The molecule has 31 heavy (non-hydrogen) atoms. The number of carboxylic acid groups (broad SMARTS) is 1. The van der Waals surface area contributed by atoms with Crippen LogP contribution in [0.15, 0.2) is 42.5 Å². The van der Waals surface area contributed by atoms with Crippen molar-refractivity contribution >= 4 is 12.3 Å². The van der Waals surface area contributed by atoms with Crippen LogP contribution in [0.4, 0.5) is 0 Å². The predicted octanol–water partition coefficient (Wildman–Crippen LogP) is 0.161. The maximum absolute atomic E-state index is 11.2. The lowest BCUT2D eigenvalue weighted by atomic mass is 9.99. The lowest BCUT2D eigenvalue weighted by Gasteiger charge is -2.39. The van der Waals surface area contributed by atoms with Crippen molar-refractivity contribution < 1.29 is 44.6 Å². The van der Waals surface area contributed by atoms with Gasteiger partial charge in [-0.1, -0.05) is 12.1 Å². The van der Waals surface area contributed by atoms with Gasteiger partial charge in [0.15, 0.2) is 0 Å². The monoisotopic (exact) mass is 432 g/mol. The molecule has 2 aromatic rings. The average molecular weight is 432 g/mol. The molecular weight excluding hydrogens is 408 g/mol. The number of hydrogen-bond donors (Lipinski definition) is 5. The number of hydrogen-bond acceptors (Lipinski definition) is 8. The molecule has 1 fully saturated rings. The number of aromatic carboxylic acids is 1. The van der Waals surface area contributed by atoms with Gasteiger partial charge in [-0.05, 0) is 54.3 Å². The van der Waals surface area contributed by atoms with Crippen LogP contribution in [0.3, 0.4) is 0 Å². The van der Waals surface area contributed by atoms with Crippen LogP contribution in [-0.2, 0) is 17.6 Å². The summed E-state index contributed by atoms with van der Waals surface area (Å²) in [6.45, 7) is -0.575. The van der Waals surface area contributed by atoms with E-state index in [4.69, 9.17) is 14.6 Å². The zero-order chi connectivity index (χ0) is 22.5. The summed E-state index contributed by atoms with van der Waals surface area (Å²) in [4.78, 5) is 22.2. The van der Waals surface area contributed by atoms with Crippen LogP contribution in [0.5, 0.6) is 5.75 Å². The number of aliphatic hydroxyl groups excluding tert-OH is 4. The van der Waals surface area contributed by atoms with E-state index in [-0.39, 0.29) is 5.56 Å². The third kappa shape index (κ3) is 5.27. The minimum atomic E-state index is -1.57. The van der Waals surface area contributed by atoms with Crippen molar-refractivity contribution in [2.24, 2.45) is 0 Å². The van der Waals surface area contributed by atoms with Crippen molar-refractivity contribution in [1.29, 1.82) is 0 Å². The van der Waals surface area contributed by atoms with Gasteiger partial charge in [0.25, 0.3) is 0 Å². The molecule has 3 rings (SSSR count). The fraction of sp³-hybridized carbons (Fsp3) is 0.364. The summed E-state index contributed by atoms with van der Waals surface area (Å²) < 4.78 is 11.1. The molecule has 1 saturated heterocycles. The number of carbonyl (C=O) groups excluding carboxylic acids is 1. The molecule has 1 aliphatic heterocycles. The summed E-state index contributed by atoms with van der Waals surface area (Å²) in [6.07, 6.45) is -5.43. The van der Waals surface area contributed by atoms with Gasteiger partial charge >= 0.3 is 5.97 Å². The Kier molecular flexibility index (Phi) is 7.37. The molecule has 5 atom stereocenters. The maximum atomic E-state index is 11.2. The van der Waals surface area contributed by atoms with E-state index in [0.717, 1.165) is 5.56 Å². The number of carbonyl (C=O) groups is 2. The summed E-state index contributed by atoms with van der Waals surface area (Å²) in [5, 5.41) is 48.4. The van der Waals surface area contributed by atoms with E-state index in [2.05, 4.69) is 0 Å². The first-order chi connectivity index (χ1) is 14.8. The third-order valence-electron chi connectivity index (χ3n) is 5.20. The molecule has 0 amide bonds. The van der Waals surface area contributed by atoms with Crippen LogP contribution >= 0.6 is 0 Å². The van der Waals surface area contributed by atoms with Gasteiger partial charge in [-0.2, -0.15) is 0 Å². The van der Waals surface area contributed by atoms with Gasteiger partial charge in [-0.3, -0.25) is 4.79 Å². The van der Waals surface area contributed by atoms with Crippen molar-refractivity contribution in [2.75, 3.05) is 6.61 Å². The summed E-state index contributed by atoms with van der Waals surface area (Å²) in [7, 11) is 0. The molecule has 0 spiro atoms. The van der Waals surface area contributed by atoms with E-state index >= 15 is 0 Å². The van der Waals surface area contributed by atoms with E-state index in [9.17, 15) is 30.0 Å². The van der Waals surface area contributed by atoms with Gasteiger partial charge in [-0.25, -0.2) is 4.79 Å². The molecule has 9 nitrogen and oxygen atoms in total. The second-order valence-electron chi connectivity index (χ2n) is 7.30. The molecule has 0 bridgehead atoms. The first-order valence-corrected chi connectivity index (χ1v) is 9.71. The number of aryl methyl sites for hydroxylation is 2. The number of rotatable bonds is 8. The van der Waals surface area contributed by atoms with Crippen molar-refractivity contribution in [3.05, 3.63) is 64.7 Å². The van der Waals surface area contributed by atoms with Gasteiger partial charge < -0.3 is 35.0 Å². The van der Waals surface area contributed by atoms with Crippen LogP contribution in [0.2, 0.25) is 0 Å². The molecule has 1 aliphatic rings. The number of benzene rings is 2. The molecule has 0 aromatic heterocycles. The summed E-state index contributed by atoms with van der Waals surface area (Å²) >= 11 is 0. The number of aliphatic hydroxyl groups is 4. The minimum Gasteiger partial charge on any atom is -0.478 e. The highest BCUT2D eigenvalue weighted by Gasteiger charge is 2.44. The molecule has 9 heteroatoms. The fourth-order valence-corrected chi connectivity index (χ4v) is 3.37. The van der Waals surface area contributed by atoms with Crippen LogP contribution in [0.1, 0.15) is 31.8 Å². The Morgan fingerprint density at radius 2 is 1.71 bits per heavy atom. The van der Waals surface area contributed by atoms with Crippen molar-refractivity contribution in [3.8, 4) is 5.75 Å². The zero-order valence-electron chi connectivity index (χ0n) is 16.5. The summed E-state index contributed by atoms with van der Waals surface area (Å²) in [5.41, 5.74) is 2.10. The number of ether oxygens (including phenoxy) is 2. The predicted molar refractivity (Wildman–Crippen MR) is 107 cm³/mol. The Balaban J connectivity index is 1.78. The molecule has 0 aliphatic carbocycles. The second kappa shape index (κ2) is 9.99. The zero-order valence-corrected chi connectivity index (χ0v) is 16.5. The Morgan fingerprint density at radius 3 is 2.32 bits per heavy atom. The lowest BCUT2D eigenvalue weighted by Crippen LogP contribution is -2.60. The van der Waals surface area contributed by atoms with E-state index < -0.39 is 43.3 Å². The van der Waals surface area contributed by atoms with Gasteiger partial charge in [0, 0.05) is 5.56 Å². The van der Waals surface area contributed by atoms with E-state index in [1.165, 1.54) is 24.3 Å². The highest BCUT2D eigenvalue weighted by Crippen LogP contribution is 2.28. The Morgan fingerprint density at radius 1 is 1.00 bits per heavy atom. The molecule has 1 heterocycles. The van der Waals surface area contributed by atoms with Crippen LogP contribution in [0, 0.1) is 0 Å². The molecule has 0 saturated carbocycles. The normalized spacial score (nSPS) is 25.7. The molecule has 2 aromatic carbocycles. The molecule has 166 valence electrons. The lowest BCUT2D eigenvalue weighted by molar-refractivity contribution is -0.277. The SMILES string of the molecule is O=Cc1ccc(O[C@@H]2O[C@H](CO)[C@@H](O)[C@H](O)[C@H]2O)c(CCc2ccc(C(=O)O)cc2)c1. The largest absolute Gasteiger partial charge is 0.478 e. The topological polar surface area (TPSA) is 154 Å². The number of aldehydes is 1. The molecule has 0 radical (unpaired) electrons. The maximum Gasteiger partial charge on any atom is 0.335 e. The van der Waals surface area contributed by atoms with E-state index in [1.54, 1.807) is 18.2 Å². The summed E-state index contributed by atoms with van der Waals surface area (Å²) in [6, 6.07) is 11.1. The standard InChI is InChI=1S/C22H24O9/c23-10-13-4-8-16(30-22-20(27)19(26)18(25)17(11-24)31-22)15(9-13)7-3-12-1-5-14(6-2-12)21(28)29/h1-2,4-6,8-10,17-20,22,24-27H,3,7,11H2,(H,28,29)/t17-,18-,19+,20-,22-/m1/s1. The first-order valence-electron chi connectivity index (χ1n) is 9.71. The Hall–Kier alpha value is -2.82. The smallest absolute Gasteiger partial charge is 0.335 e. The highest BCUT2D eigenvalue weighted by molar-refractivity contribution is 5.87. The van der Waals surface area contributed by atoms with Crippen molar-refractivity contribution in [1.82, 2.24) is 0 Å². The quantitative estimate of drug-likeness (QED) is 0.367. The minimum absolute atomic E-state index is 0.179. The van der Waals surface area contributed by atoms with Gasteiger partial charge in [0.05, 0.1) is 12.2 Å². The first kappa shape index (κ1) is 22.9. The molecule has 5 N–H and O–H groups in total.